The molecule has 4 fully saturated rings. The number of allylic oxidation sites excluding steroid dienone is 1. The summed E-state index contributed by atoms with van der Waals surface area (Å²) in [5.41, 5.74) is -6.82. The SMILES string of the molecule is CC(=O)O[C@H]1C=CC(=O)[C@]2(C)C3CC[C@@]4(C)[C@@](O)(CC[C@@]4(O)C(C)(O)C4CC(C)=C(C)C(=O)O4)C3C[C@H]3O[C@]132. The molecule has 11 atom stereocenters. The van der Waals surface area contributed by atoms with Gasteiger partial charge in [-0.3, -0.25) is 9.59 Å². The highest BCUT2D eigenvalue weighted by molar-refractivity contribution is 5.98. The van der Waals surface area contributed by atoms with Gasteiger partial charge in [-0.1, -0.05) is 12.5 Å². The Bertz CT molecular complexity index is 1230. The van der Waals surface area contributed by atoms with E-state index in [0.717, 1.165) is 5.57 Å². The van der Waals surface area contributed by atoms with Gasteiger partial charge in [0.15, 0.2) is 11.9 Å². The van der Waals surface area contributed by atoms with Crippen LogP contribution in [0.5, 0.6) is 0 Å². The van der Waals surface area contributed by atoms with Crippen LogP contribution in [0.3, 0.4) is 0 Å². The van der Waals surface area contributed by atoms with Gasteiger partial charge in [0.2, 0.25) is 0 Å². The number of epoxide rings is 1. The Hall–Kier alpha value is -2.07. The number of ether oxygens (including phenoxy) is 3. The van der Waals surface area contributed by atoms with E-state index in [-0.39, 0.29) is 24.5 Å². The highest BCUT2D eigenvalue weighted by Crippen LogP contribution is 2.75. The van der Waals surface area contributed by atoms with Crippen molar-refractivity contribution in [3.63, 3.8) is 0 Å². The molecule has 9 nitrogen and oxygen atoms in total. The number of aliphatic hydroxyl groups is 3. The van der Waals surface area contributed by atoms with Crippen LogP contribution in [0.25, 0.3) is 0 Å². The number of carbonyl (C=O) groups excluding carboxylic acids is 3. The number of hydrogen-bond acceptors (Lipinski definition) is 9. The lowest BCUT2D eigenvalue weighted by Crippen LogP contribution is -2.73. The van der Waals surface area contributed by atoms with E-state index in [1.54, 1.807) is 13.0 Å². The van der Waals surface area contributed by atoms with Crippen LogP contribution in [-0.2, 0) is 28.6 Å². The summed E-state index contributed by atoms with van der Waals surface area (Å²) in [4.78, 5) is 38.0. The van der Waals surface area contributed by atoms with Crippen molar-refractivity contribution in [3.8, 4) is 0 Å². The minimum absolute atomic E-state index is 0.109. The van der Waals surface area contributed by atoms with Crippen LogP contribution < -0.4 is 0 Å². The van der Waals surface area contributed by atoms with Gasteiger partial charge in [-0.15, -0.1) is 0 Å². The van der Waals surface area contributed by atoms with Crippen LogP contribution in [0.2, 0.25) is 0 Å². The number of fused-ring (bicyclic) bond motifs is 4. The lowest BCUT2D eigenvalue weighted by atomic mass is 9.42. The zero-order valence-electron chi connectivity index (χ0n) is 23.6. The quantitative estimate of drug-likeness (QED) is 0.360. The molecule has 1 spiro atoms. The molecule has 0 bridgehead atoms. The fraction of sp³-hybridized carbons (Fsp3) is 0.767. The molecule has 0 amide bonds. The molecule has 6 rings (SSSR count). The Kier molecular flexibility index (Phi) is 5.43. The molecule has 0 radical (unpaired) electrons. The van der Waals surface area contributed by atoms with Crippen molar-refractivity contribution < 1.29 is 43.9 Å². The van der Waals surface area contributed by atoms with E-state index in [9.17, 15) is 29.7 Å². The summed E-state index contributed by atoms with van der Waals surface area (Å²) >= 11 is 0. The molecule has 9 heteroatoms. The van der Waals surface area contributed by atoms with E-state index in [1.165, 1.54) is 19.9 Å². The Morgan fingerprint density at radius 1 is 1.13 bits per heavy atom. The van der Waals surface area contributed by atoms with Crippen LogP contribution in [-0.4, -0.2) is 73.8 Å². The highest BCUT2D eigenvalue weighted by atomic mass is 16.7. The molecule has 2 heterocycles. The van der Waals surface area contributed by atoms with Crippen molar-refractivity contribution in [1.82, 2.24) is 0 Å². The number of ketones is 1. The maximum Gasteiger partial charge on any atom is 0.334 e. The molecule has 214 valence electrons. The van der Waals surface area contributed by atoms with Gasteiger partial charge < -0.3 is 29.5 Å². The average Bonchev–Trinajstić information content (AvgIpc) is 3.55. The Morgan fingerprint density at radius 3 is 2.46 bits per heavy atom. The molecule has 4 unspecified atom stereocenters. The Labute approximate surface area is 228 Å². The normalized spacial score (nSPS) is 51.7. The van der Waals surface area contributed by atoms with Crippen LogP contribution in [0.1, 0.15) is 80.1 Å². The van der Waals surface area contributed by atoms with Gasteiger partial charge in [0.1, 0.15) is 22.9 Å². The van der Waals surface area contributed by atoms with Gasteiger partial charge in [-0.05, 0) is 83.8 Å². The summed E-state index contributed by atoms with van der Waals surface area (Å²) in [6.45, 7) is 10.1. The smallest absolute Gasteiger partial charge is 0.334 e. The van der Waals surface area contributed by atoms with Crippen LogP contribution in [0.15, 0.2) is 23.3 Å². The zero-order chi connectivity index (χ0) is 28.6. The number of carbonyl (C=O) groups is 3. The topological polar surface area (TPSA) is 143 Å². The Morgan fingerprint density at radius 2 is 1.82 bits per heavy atom. The highest BCUT2D eigenvalue weighted by Gasteiger charge is 2.84. The second-order valence-electron chi connectivity index (χ2n) is 13.6. The fourth-order valence-corrected chi connectivity index (χ4v) is 9.70. The third-order valence-electron chi connectivity index (χ3n) is 12.4. The third kappa shape index (κ3) is 2.92. The van der Waals surface area contributed by atoms with Crippen molar-refractivity contribution in [2.24, 2.45) is 22.7 Å². The first-order chi connectivity index (χ1) is 18.0. The summed E-state index contributed by atoms with van der Waals surface area (Å²) in [7, 11) is 0. The molecule has 2 aliphatic heterocycles. The molecule has 0 aromatic heterocycles. The average molecular weight is 545 g/mol. The first-order valence-corrected chi connectivity index (χ1v) is 14.1. The number of esters is 2. The predicted octanol–water partition coefficient (Wildman–Crippen LogP) is 2.30. The lowest BCUT2D eigenvalue weighted by molar-refractivity contribution is -0.283. The maximum absolute atomic E-state index is 13.6. The van der Waals surface area contributed by atoms with E-state index < -0.39 is 69.4 Å². The van der Waals surface area contributed by atoms with E-state index >= 15 is 0 Å². The van der Waals surface area contributed by atoms with E-state index in [1.807, 2.05) is 20.8 Å². The fourth-order valence-electron chi connectivity index (χ4n) is 9.70. The summed E-state index contributed by atoms with van der Waals surface area (Å²) < 4.78 is 17.5. The molecule has 3 saturated carbocycles. The molecule has 4 aliphatic carbocycles. The third-order valence-corrected chi connectivity index (χ3v) is 12.4. The molecule has 0 aromatic carbocycles. The Balaban J connectivity index is 1.37. The van der Waals surface area contributed by atoms with Gasteiger partial charge in [-0.25, -0.2) is 4.79 Å². The van der Waals surface area contributed by atoms with Crippen molar-refractivity contribution in [3.05, 3.63) is 23.3 Å². The van der Waals surface area contributed by atoms with Crippen molar-refractivity contribution >= 4 is 17.7 Å². The van der Waals surface area contributed by atoms with Gasteiger partial charge >= 0.3 is 11.9 Å². The minimum atomic E-state index is -1.83. The molecule has 6 aliphatic rings. The monoisotopic (exact) mass is 544 g/mol. The van der Waals surface area contributed by atoms with Gasteiger partial charge in [0, 0.05) is 24.3 Å². The van der Waals surface area contributed by atoms with Gasteiger partial charge in [-0.2, -0.15) is 0 Å². The van der Waals surface area contributed by atoms with Gasteiger partial charge in [0.25, 0.3) is 0 Å². The summed E-state index contributed by atoms with van der Waals surface area (Å²) in [5, 5.41) is 37.0. The minimum Gasteiger partial charge on any atom is -0.455 e. The molecule has 3 N–H and O–H groups in total. The number of hydrogen-bond donors (Lipinski definition) is 3. The largest absolute Gasteiger partial charge is 0.455 e. The second-order valence-corrected chi connectivity index (χ2v) is 13.6. The molecular weight excluding hydrogens is 504 g/mol. The summed E-state index contributed by atoms with van der Waals surface area (Å²) in [5.74, 6) is -1.74. The molecule has 39 heavy (non-hydrogen) atoms. The van der Waals surface area contributed by atoms with E-state index in [0.29, 0.717) is 31.3 Å². The zero-order valence-corrected chi connectivity index (χ0v) is 23.6. The van der Waals surface area contributed by atoms with Crippen LogP contribution >= 0.6 is 0 Å². The van der Waals surface area contributed by atoms with Crippen molar-refractivity contribution in [1.29, 1.82) is 0 Å². The summed E-state index contributed by atoms with van der Waals surface area (Å²) in [6.07, 6.45) is 2.97. The van der Waals surface area contributed by atoms with E-state index in [2.05, 4.69) is 0 Å². The predicted molar refractivity (Wildman–Crippen MR) is 137 cm³/mol. The van der Waals surface area contributed by atoms with Gasteiger partial charge in [0.05, 0.1) is 17.1 Å². The first-order valence-electron chi connectivity index (χ1n) is 14.1. The molecule has 1 saturated heterocycles. The number of rotatable bonds is 3. The second kappa shape index (κ2) is 7.81. The maximum atomic E-state index is 13.6. The number of cyclic esters (lactones) is 1. The molecule has 0 aromatic rings. The van der Waals surface area contributed by atoms with E-state index in [4.69, 9.17) is 14.2 Å². The first kappa shape index (κ1) is 27.1. The van der Waals surface area contributed by atoms with Crippen LogP contribution in [0, 0.1) is 22.7 Å². The molecular formula is C30H40O9. The van der Waals surface area contributed by atoms with Crippen LogP contribution in [0.4, 0.5) is 0 Å². The van der Waals surface area contributed by atoms with Crippen molar-refractivity contribution in [2.75, 3.05) is 0 Å². The standard InChI is InChI=1S/C30H40O9/c1-15-13-22(38-24(33)16(15)2)27(6,34)29(36)12-11-28(35)19-14-23-30(39-23)21(37-17(3)31)8-7-20(32)26(30,5)18(19)9-10-25(28,29)4/h7-8,18-19,21-23,34-36H,9-14H2,1-6H3/t18?,19?,21-,22?,23+,25-,26-,27?,28+,29-,30+/m0/s1. The van der Waals surface area contributed by atoms with Crippen molar-refractivity contribution in [2.45, 2.75) is 121 Å². The lowest BCUT2D eigenvalue weighted by Gasteiger charge is -2.63. The summed E-state index contributed by atoms with van der Waals surface area (Å²) in [6, 6.07) is 0.